The zero-order valence-corrected chi connectivity index (χ0v) is 12.7. The first kappa shape index (κ1) is 14.5. The largest absolute Gasteiger partial charge is 0.356 e. The second kappa shape index (κ2) is 5.75. The number of nitrogens with one attached hydrogen (secondary N) is 2. The van der Waals surface area contributed by atoms with Gasteiger partial charge in [-0.05, 0) is 38.4 Å². The van der Waals surface area contributed by atoms with Crippen molar-refractivity contribution in [3.8, 4) is 0 Å². The summed E-state index contributed by atoms with van der Waals surface area (Å²) < 4.78 is 32.6. The third-order valence-corrected chi connectivity index (χ3v) is 5.19. The van der Waals surface area contributed by atoms with E-state index in [2.05, 4.69) is 15.2 Å². The molecule has 7 heteroatoms. The standard InChI is InChI=1S/C14H19N3O3S/c1-10-12(6-4-8-15-10)17-21(18,19)9-13-11-5-2-3-7-14(11)20-16-13/h2-3,5,7,10,12,15,17H,4,6,8-9H2,1H3/t10-,12-/m1/s1. The van der Waals surface area contributed by atoms with Gasteiger partial charge in [-0.3, -0.25) is 0 Å². The molecule has 1 saturated heterocycles. The lowest BCUT2D eigenvalue weighted by molar-refractivity contribution is 0.348. The number of aromatic nitrogens is 1. The van der Waals surface area contributed by atoms with Crippen LogP contribution < -0.4 is 10.0 Å². The van der Waals surface area contributed by atoms with Gasteiger partial charge in [0, 0.05) is 17.5 Å². The van der Waals surface area contributed by atoms with Crippen molar-refractivity contribution >= 4 is 21.0 Å². The fraction of sp³-hybridized carbons (Fsp3) is 0.500. The number of benzene rings is 1. The minimum Gasteiger partial charge on any atom is -0.356 e. The molecular formula is C14H19N3O3S. The van der Waals surface area contributed by atoms with E-state index in [9.17, 15) is 8.42 Å². The predicted molar refractivity (Wildman–Crippen MR) is 80.3 cm³/mol. The van der Waals surface area contributed by atoms with E-state index >= 15 is 0 Å². The van der Waals surface area contributed by atoms with Crippen LogP contribution in [0.5, 0.6) is 0 Å². The highest BCUT2D eigenvalue weighted by Gasteiger charge is 2.26. The molecule has 0 radical (unpaired) electrons. The van der Waals surface area contributed by atoms with Crippen LogP contribution in [0.1, 0.15) is 25.5 Å². The fourth-order valence-electron chi connectivity index (χ4n) is 2.70. The van der Waals surface area contributed by atoms with Crippen LogP contribution >= 0.6 is 0 Å². The van der Waals surface area contributed by atoms with Gasteiger partial charge in [-0.1, -0.05) is 17.3 Å². The Balaban J connectivity index is 1.76. The predicted octanol–water partition coefficient (Wildman–Crippen LogP) is 1.39. The van der Waals surface area contributed by atoms with Crippen LogP contribution in [0.25, 0.3) is 11.0 Å². The van der Waals surface area contributed by atoms with Crippen molar-refractivity contribution in [1.29, 1.82) is 0 Å². The number of rotatable bonds is 4. The van der Waals surface area contributed by atoms with Gasteiger partial charge in [-0.25, -0.2) is 13.1 Å². The van der Waals surface area contributed by atoms with Gasteiger partial charge in [0.05, 0.1) is 0 Å². The molecule has 114 valence electrons. The molecule has 2 heterocycles. The number of fused-ring (bicyclic) bond motifs is 1. The van der Waals surface area contributed by atoms with Crippen LogP contribution in [0.3, 0.4) is 0 Å². The van der Waals surface area contributed by atoms with E-state index in [4.69, 9.17) is 4.52 Å². The van der Waals surface area contributed by atoms with Crippen molar-refractivity contribution in [1.82, 2.24) is 15.2 Å². The highest BCUT2D eigenvalue weighted by Crippen LogP contribution is 2.20. The van der Waals surface area contributed by atoms with E-state index in [-0.39, 0.29) is 17.8 Å². The van der Waals surface area contributed by atoms with Gasteiger partial charge >= 0.3 is 0 Å². The zero-order valence-electron chi connectivity index (χ0n) is 11.9. The molecule has 0 unspecified atom stereocenters. The Hall–Kier alpha value is -1.44. The Labute approximate surface area is 123 Å². The fourth-order valence-corrected chi connectivity index (χ4v) is 4.13. The van der Waals surface area contributed by atoms with Crippen molar-refractivity contribution < 1.29 is 12.9 Å². The average molecular weight is 309 g/mol. The van der Waals surface area contributed by atoms with Gasteiger partial charge in [0.15, 0.2) is 5.58 Å². The van der Waals surface area contributed by atoms with Crippen molar-refractivity contribution in [2.45, 2.75) is 37.6 Å². The van der Waals surface area contributed by atoms with E-state index in [0.717, 1.165) is 24.8 Å². The Morgan fingerprint density at radius 2 is 2.24 bits per heavy atom. The number of hydrogen-bond donors (Lipinski definition) is 2. The molecule has 2 atom stereocenters. The number of hydrogen-bond acceptors (Lipinski definition) is 5. The molecule has 1 aromatic carbocycles. The van der Waals surface area contributed by atoms with Crippen molar-refractivity contribution in [3.05, 3.63) is 30.0 Å². The first-order chi connectivity index (χ1) is 10.1. The number of sulfonamides is 1. The Bertz CT molecular complexity index is 726. The van der Waals surface area contributed by atoms with Crippen LogP contribution in [-0.2, 0) is 15.8 Å². The SMILES string of the molecule is C[C@H]1NCCC[C@H]1NS(=O)(=O)Cc1noc2ccccc12. The lowest BCUT2D eigenvalue weighted by Gasteiger charge is -2.30. The summed E-state index contributed by atoms with van der Waals surface area (Å²) in [5.74, 6) is -0.159. The molecule has 2 aromatic rings. The zero-order chi connectivity index (χ0) is 14.9. The summed E-state index contributed by atoms with van der Waals surface area (Å²) in [7, 11) is -3.44. The summed E-state index contributed by atoms with van der Waals surface area (Å²) in [6.07, 6.45) is 1.83. The second-order valence-corrected chi connectivity index (χ2v) is 7.25. The normalized spacial score (nSPS) is 23.5. The molecule has 1 aliphatic rings. The van der Waals surface area contributed by atoms with Crippen LogP contribution in [0.15, 0.2) is 28.8 Å². The third-order valence-electron chi connectivity index (χ3n) is 3.87. The molecule has 2 N–H and O–H groups in total. The second-order valence-electron chi connectivity index (χ2n) is 5.49. The molecule has 0 bridgehead atoms. The smallest absolute Gasteiger partial charge is 0.217 e. The lowest BCUT2D eigenvalue weighted by atomic mass is 10.0. The third kappa shape index (κ3) is 3.25. The molecule has 1 fully saturated rings. The Morgan fingerprint density at radius 1 is 1.43 bits per heavy atom. The van der Waals surface area contributed by atoms with Crippen LogP contribution in [0.2, 0.25) is 0 Å². The van der Waals surface area contributed by atoms with E-state index in [1.807, 2.05) is 25.1 Å². The summed E-state index contributed by atoms with van der Waals surface area (Å²) >= 11 is 0. The molecular weight excluding hydrogens is 290 g/mol. The summed E-state index contributed by atoms with van der Waals surface area (Å²) in [6.45, 7) is 2.94. The Kier molecular flexibility index (Phi) is 3.97. The number of piperidine rings is 1. The number of para-hydroxylation sites is 1. The monoisotopic (exact) mass is 309 g/mol. The van der Waals surface area contributed by atoms with Crippen LogP contribution in [-0.4, -0.2) is 32.2 Å². The van der Waals surface area contributed by atoms with Gasteiger partial charge in [-0.2, -0.15) is 0 Å². The summed E-state index contributed by atoms with van der Waals surface area (Å²) in [6, 6.07) is 7.35. The first-order valence-corrected chi connectivity index (χ1v) is 8.77. The lowest BCUT2D eigenvalue weighted by Crippen LogP contribution is -2.52. The molecule has 1 aromatic heterocycles. The van der Waals surface area contributed by atoms with Crippen molar-refractivity contribution in [2.24, 2.45) is 0 Å². The minimum absolute atomic E-state index is 0.0677. The molecule has 0 amide bonds. The average Bonchev–Trinajstić information content (AvgIpc) is 2.84. The molecule has 21 heavy (non-hydrogen) atoms. The topological polar surface area (TPSA) is 84.2 Å². The molecule has 0 saturated carbocycles. The quantitative estimate of drug-likeness (QED) is 0.891. The molecule has 1 aliphatic heterocycles. The van der Waals surface area contributed by atoms with Crippen molar-refractivity contribution in [3.63, 3.8) is 0 Å². The highest BCUT2D eigenvalue weighted by molar-refractivity contribution is 7.88. The van der Waals surface area contributed by atoms with E-state index in [1.54, 1.807) is 6.07 Å². The number of nitrogens with zero attached hydrogens (tertiary/aromatic N) is 1. The first-order valence-electron chi connectivity index (χ1n) is 7.12. The molecule has 0 spiro atoms. The van der Waals surface area contributed by atoms with Gasteiger partial charge in [0.1, 0.15) is 11.4 Å². The van der Waals surface area contributed by atoms with Gasteiger partial charge < -0.3 is 9.84 Å². The maximum absolute atomic E-state index is 12.3. The summed E-state index contributed by atoms with van der Waals surface area (Å²) in [5.41, 5.74) is 1.06. The van der Waals surface area contributed by atoms with E-state index in [0.29, 0.717) is 11.3 Å². The van der Waals surface area contributed by atoms with Crippen LogP contribution in [0, 0.1) is 0 Å². The van der Waals surface area contributed by atoms with E-state index in [1.165, 1.54) is 0 Å². The Morgan fingerprint density at radius 3 is 3.05 bits per heavy atom. The maximum atomic E-state index is 12.3. The molecule has 6 nitrogen and oxygen atoms in total. The van der Waals surface area contributed by atoms with Gasteiger partial charge in [-0.15, -0.1) is 0 Å². The van der Waals surface area contributed by atoms with Crippen LogP contribution in [0.4, 0.5) is 0 Å². The van der Waals surface area contributed by atoms with Gasteiger partial charge in [0.25, 0.3) is 0 Å². The maximum Gasteiger partial charge on any atom is 0.217 e. The highest BCUT2D eigenvalue weighted by atomic mass is 32.2. The molecule has 3 rings (SSSR count). The van der Waals surface area contributed by atoms with Gasteiger partial charge in [0.2, 0.25) is 10.0 Å². The summed E-state index contributed by atoms with van der Waals surface area (Å²) in [5, 5.41) is 7.91. The minimum atomic E-state index is -3.44. The molecule has 0 aliphatic carbocycles. The van der Waals surface area contributed by atoms with E-state index < -0.39 is 10.0 Å². The summed E-state index contributed by atoms with van der Waals surface area (Å²) in [4.78, 5) is 0. The van der Waals surface area contributed by atoms with Crippen molar-refractivity contribution in [2.75, 3.05) is 6.54 Å².